The Morgan fingerprint density at radius 3 is 2.31 bits per heavy atom. The fraction of sp³-hybridized carbons (Fsp3) is 0.526. The molecule has 1 aliphatic rings. The lowest BCUT2D eigenvalue weighted by atomic mass is 9.54. The summed E-state index contributed by atoms with van der Waals surface area (Å²) < 4.78 is 5.60. The largest absolute Gasteiger partial charge is 0.479 e. The molecule has 1 aromatic carbocycles. The molecule has 0 aliphatic heterocycles. The molecular formula is C19H26N2O5. The molecule has 1 fully saturated rings. The Labute approximate surface area is 153 Å². The van der Waals surface area contributed by atoms with Crippen molar-refractivity contribution < 1.29 is 24.2 Å². The van der Waals surface area contributed by atoms with Crippen LogP contribution < -0.4 is 10.6 Å². The average molecular weight is 362 g/mol. The van der Waals surface area contributed by atoms with Gasteiger partial charge in [-0.3, -0.25) is 9.59 Å². The summed E-state index contributed by atoms with van der Waals surface area (Å²) >= 11 is 0. The van der Waals surface area contributed by atoms with E-state index in [4.69, 9.17) is 4.74 Å². The van der Waals surface area contributed by atoms with Crippen molar-refractivity contribution in [3.05, 3.63) is 35.4 Å². The third-order valence-corrected chi connectivity index (χ3v) is 5.21. The van der Waals surface area contributed by atoms with Crippen LogP contribution in [-0.4, -0.2) is 41.1 Å². The smallest absolute Gasteiger partial charge is 0.330 e. The Morgan fingerprint density at radius 1 is 1.23 bits per heavy atom. The van der Waals surface area contributed by atoms with Crippen molar-refractivity contribution in [2.24, 2.45) is 5.41 Å². The minimum absolute atomic E-state index is 0.133. The van der Waals surface area contributed by atoms with Crippen LogP contribution in [0.15, 0.2) is 24.3 Å². The van der Waals surface area contributed by atoms with Crippen LogP contribution in [0.2, 0.25) is 0 Å². The summed E-state index contributed by atoms with van der Waals surface area (Å²) in [5.74, 6) is -1.64. The molecule has 0 spiro atoms. The molecule has 0 heterocycles. The Morgan fingerprint density at radius 2 is 1.85 bits per heavy atom. The van der Waals surface area contributed by atoms with Gasteiger partial charge in [0.25, 0.3) is 5.91 Å². The van der Waals surface area contributed by atoms with E-state index in [0.29, 0.717) is 18.7 Å². The van der Waals surface area contributed by atoms with Crippen LogP contribution in [0.25, 0.3) is 0 Å². The van der Waals surface area contributed by atoms with Crippen LogP contribution in [0.5, 0.6) is 0 Å². The number of nitrogens with one attached hydrogen (secondary N) is 2. The molecule has 1 aliphatic carbocycles. The molecule has 0 aromatic heterocycles. The first-order chi connectivity index (χ1) is 12.1. The van der Waals surface area contributed by atoms with Gasteiger partial charge in [-0.2, -0.15) is 0 Å². The predicted molar refractivity (Wildman–Crippen MR) is 95.6 cm³/mol. The molecule has 2 amide bonds. The third-order valence-electron chi connectivity index (χ3n) is 5.21. The minimum atomic E-state index is -1.36. The number of ether oxygens (including phenoxy) is 1. The fourth-order valence-corrected chi connectivity index (χ4v) is 3.30. The predicted octanol–water partition coefficient (Wildman–Crippen LogP) is 1.71. The molecule has 2 unspecified atom stereocenters. The topological polar surface area (TPSA) is 105 Å². The molecule has 1 aromatic rings. The van der Waals surface area contributed by atoms with Crippen LogP contribution in [0.1, 0.15) is 50.0 Å². The van der Waals surface area contributed by atoms with Gasteiger partial charge in [-0.25, -0.2) is 4.79 Å². The number of carbonyl (C=O) groups excluding carboxylic acids is 2. The molecule has 3 N–H and O–H groups in total. The lowest BCUT2D eigenvalue weighted by Gasteiger charge is -2.58. The van der Waals surface area contributed by atoms with E-state index in [1.165, 1.54) is 6.92 Å². The van der Waals surface area contributed by atoms with Crippen LogP contribution in [0.4, 0.5) is 0 Å². The summed E-state index contributed by atoms with van der Waals surface area (Å²) in [5.41, 5.74) is -0.868. The minimum Gasteiger partial charge on any atom is -0.479 e. The fourth-order valence-electron chi connectivity index (χ4n) is 3.30. The van der Waals surface area contributed by atoms with Gasteiger partial charge in [-0.1, -0.05) is 26.0 Å². The number of amides is 2. The second-order valence-electron chi connectivity index (χ2n) is 7.14. The van der Waals surface area contributed by atoms with E-state index >= 15 is 0 Å². The first kappa shape index (κ1) is 19.9. The van der Waals surface area contributed by atoms with Crippen molar-refractivity contribution in [1.29, 1.82) is 0 Å². The number of benzene rings is 1. The number of hydrogen-bond donors (Lipinski definition) is 3. The Kier molecular flexibility index (Phi) is 5.71. The standard InChI is InChI=1S/C19H26N2O5/c1-5-26-15-10-19(17(24)25,18(15,3)4)21-16(23)14-8-6-13(7-9-14)11-20-12(2)22/h6-9,15H,5,10-11H2,1-4H3,(H,20,22)(H,21,23)(H,24,25). The first-order valence-electron chi connectivity index (χ1n) is 8.65. The maximum absolute atomic E-state index is 12.6. The van der Waals surface area contributed by atoms with Gasteiger partial charge in [-0.05, 0) is 24.6 Å². The molecule has 142 valence electrons. The first-order valence-corrected chi connectivity index (χ1v) is 8.65. The number of rotatable bonds is 7. The maximum atomic E-state index is 12.6. The van der Waals surface area contributed by atoms with Crippen molar-refractivity contribution in [2.75, 3.05) is 6.61 Å². The second kappa shape index (κ2) is 7.45. The summed E-state index contributed by atoms with van der Waals surface area (Å²) in [6.07, 6.45) is 0.0131. The van der Waals surface area contributed by atoms with Crippen molar-refractivity contribution in [3.63, 3.8) is 0 Å². The van der Waals surface area contributed by atoms with Crippen molar-refractivity contribution in [1.82, 2.24) is 10.6 Å². The third kappa shape index (κ3) is 3.58. The van der Waals surface area contributed by atoms with Crippen molar-refractivity contribution >= 4 is 17.8 Å². The van der Waals surface area contributed by atoms with E-state index in [-0.39, 0.29) is 18.4 Å². The SMILES string of the molecule is CCOC1CC(NC(=O)c2ccc(CNC(C)=O)cc2)(C(=O)O)C1(C)C. The van der Waals surface area contributed by atoms with Crippen molar-refractivity contribution in [3.8, 4) is 0 Å². The summed E-state index contributed by atoms with van der Waals surface area (Å²) in [6.45, 7) is 7.75. The van der Waals surface area contributed by atoms with Crippen LogP contribution in [0.3, 0.4) is 0 Å². The lowest BCUT2D eigenvalue weighted by molar-refractivity contribution is -0.190. The highest BCUT2D eigenvalue weighted by molar-refractivity contribution is 5.98. The molecule has 2 rings (SSSR count). The van der Waals surface area contributed by atoms with E-state index in [9.17, 15) is 19.5 Å². The van der Waals surface area contributed by atoms with Gasteiger partial charge < -0.3 is 20.5 Å². The van der Waals surface area contributed by atoms with Gasteiger partial charge in [0.15, 0.2) is 0 Å². The molecule has 0 radical (unpaired) electrons. The molecule has 2 atom stereocenters. The zero-order valence-electron chi connectivity index (χ0n) is 15.6. The second-order valence-corrected chi connectivity index (χ2v) is 7.14. The Hall–Kier alpha value is -2.41. The normalized spacial score (nSPS) is 23.6. The Bertz CT molecular complexity index is 698. The summed E-state index contributed by atoms with van der Waals surface area (Å²) in [4.78, 5) is 35.5. The number of aliphatic carboxylic acids is 1. The molecule has 0 saturated heterocycles. The zero-order valence-corrected chi connectivity index (χ0v) is 15.6. The molecule has 0 bridgehead atoms. The number of carbonyl (C=O) groups is 3. The van der Waals surface area contributed by atoms with Gasteiger partial charge in [0, 0.05) is 37.5 Å². The van der Waals surface area contributed by atoms with E-state index < -0.39 is 22.8 Å². The van der Waals surface area contributed by atoms with Gasteiger partial charge in [0.1, 0.15) is 5.54 Å². The average Bonchev–Trinajstić information content (AvgIpc) is 2.58. The van der Waals surface area contributed by atoms with E-state index in [1.54, 1.807) is 38.1 Å². The molecule has 26 heavy (non-hydrogen) atoms. The highest BCUT2D eigenvalue weighted by atomic mass is 16.5. The summed E-state index contributed by atoms with van der Waals surface area (Å²) in [6, 6.07) is 6.70. The molecule has 1 saturated carbocycles. The van der Waals surface area contributed by atoms with Gasteiger partial charge in [0.05, 0.1) is 6.10 Å². The highest BCUT2D eigenvalue weighted by Gasteiger charge is 2.66. The van der Waals surface area contributed by atoms with E-state index in [2.05, 4.69) is 10.6 Å². The Balaban J connectivity index is 2.12. The van der Waals surface area contributed by atoms with Crippen LogP contribution >= 0.6 is 0 Å². The quantitative estimate of drug-likeness (QED) is 0.685. The van der Waals surface area contributed by atoms with E-state index in [1.807, 2.05) is 6.92 Å². The number of carboxylic acids is 1. The van der Waals surface area contributed by atoms with E-state index in [0.717, 1.165) is 5.56 Å². The molecule has 7 heteroatoms. The van der Waals surface area contributed by atoms with Crippen molar-refractivity contribution in [2.45, 2.75) is 52.3 Å². The highest BCUT2D eigenvalue weighted by Crippen LogP contribution is 2.51. The number of hydrogen-bond acceptors (Lipinski definition) is 4. The number of carboxylic acid groups (broad SMARTS) is 1. The molecule has 7 nitrogen and oxygen atoms in total. The van der Waals surface area contributed by atoms with Gasteiger partial charge in [0.2, 0.25) is 5.91 Å². The van der Waals surface area contributed by atoms with Gasteiger partial charge >= 0.3 is 5.97 Å². The van der Waals surface area contributed by atoms with Crippen LogP contribution in [0, 0.1) is 5.41 Å². The zero-order chi connectivity index (χ0) is 19.5. The summed E-state index contributed by atoms with van der Waals surface area (Å²) in [7, 11) is 0. The van der Waals surface area contributed by atoms with Crippen LogP contribution in [-0.2, 0) is 20.9 Å². The summed E-state index contributed by atoms with van der Waals surface area (Å²) in [5, 5.41) is 15.1. The maximum Gasteiger partial charge on any atom is 0.330 e. The monoisotopic (exact) mass is 362 g/mol. The molecular weight excluding hydrogens is 336 g/mol. The lowest BCUT2D eigenvalue weighted by Crippen LogP contribution is -2.76. The van der Waals surface area contributed by atoms with Gasteiger partial charge in [-0.15, -0.1) is 0 Å².